The van der Waals surface area contributed by atoms with Crippen molar-refractivity contribution < 1.29 is 5.11 Å². The van der Waals surface area contributed by atoms with Crippen LogP contribution in [-0.4, -0.2) is 27.7 Å². The van der Waals surface area contributed by atoms with E-state index >= 15 is 0 Å². The summed E-state index contributed by atoms with van der Waals surface area (Å²) in [6.45, 7) is 0.759. The number of aliphatic hydroxyl groups excluding tert-OH is 1. The summed E-state index contributed by atoms with van der Waals surface area (Å²) in [6, 6.07) is 0. The molecule has 2 rings (SSSR count). The molecule has 0 spiro atoms. The zero-order chi connectivity index (χ0) is 10.8. The number of nitrogens with one attached hydrogen (secondary N) is 1. The van der Waals surface area contributed by atoms with E-state index in [0.29, 0.717) is 17.4 Å². The van der Waals surface area contributed by atoms with Crippen LogP contribution < -0.4 is 11.1 Å². The van der Waals surface area contributed by atoms with Crippen molar-refractivity contribution in [2.45, 2.75) is 18.9 Å². The molecule has 0 unspecified atom stereocenters. The Kier molecular flexibility index (Phi) is 2.93. The lowest BCUT2D eigenvalue weighted by Crippen LogP contribution is -2.33. The normalized spacial score (nSPS) is 24.7. The van der Waals surface area contributed by atoms with Gasteiger partial charge in [0.25, 0.3) is 0 Å². The average Bonchev–Trinajstić information content (AvgIpc) is 2.16. The summed E-state index contributed by atoms with van der Waals surface area (Å²) in [5.41, 5.74) is 6.15. The first-order valence-electron chi connectivity index (χ1n) is 4.85. The standard InChI is InChI=1S/C9H13ClN4O/c10-9-13-4-7(11)8(14-9)12-3-5-1-6(15)2-5/h4-6,15H,1-3,11H2,(H,12,13,14). The highest BCUT2D eigenvalue weighted by Crippen LogP contribution is 2.27. The van der Waals surface area contributed by atoms with Gasteiger partial charge in [-0.3, -0.25) is 0 Å². The highest BCUT2D eigenvalue weighted by molar-refractivity contribution is 6.28. The van der Waals surface area contributed by atoms with Crippen LogP contribution in [0.1, 0.15) is 12.8 Å². The zero-order valence-electron chi connectivity index (χ0n) is 8.15. The van der Waals surface area contributed by atoms with Crippen molar-refractivity contribution >= 4 is 23.1 Å². The quantitative estimate of drug-likeness (QED) is 0.670. The van der Waals surface area contributed by atoms with Crippen LogP contribution in [0.5, 0.6) is 0 Å². The number of hydrogen-bond donors (Lipinski definition) is 3. The number of halogens is 1. The van der Waals surface area contributed by atoms with Crippen molar-refractivity contribution in [1.82, 2.24) is 9.97 Å². The van der Waals surface area contributed by atoms with Crippen molar-refractivity contribution in [3.05, 3.63) is 11.5 Å². The first-order valence-corrected chi connectivity index (χ1v) is 5.23. The third-order valence-corrected chi connectivity index (χ3v) is 2.74. The third kappa shape index (κ3) is 2.49. The Balaban J connectivity index is 1.90. The van der Waals surface area contributed by atoms with E-state index in [1.54, 1.807) is 0 Å². The summed E-state index contributed by atoms with van der Waals surface area (Å²) >= 11 is 5.65. The summed E-state index contributed by atoms with van der Waals surface area (Å²) < 4.78 is 0. The number of nitrogen functional groups attached to an aromatic ring is 1. The van der Waals surface area contributed by atoms with E-state index in [2.05, 4.69) is 15.3 Å². The molecule has 1 heterocycles. The molecule has 1 aromatic rings. The summed E-state index contributed by atoms with van der Waals surface area (Å²) in [5, 5.41) is 12.4. The van der Waals surface area contributed by atoms with E-state index in [0.717, 1.165) is 19.4 Å². The number of aliphatic hydroxyl groups is 1. The van der Waals surface area contributed by atoms with Crippen LogP contribution in [-0.2, 0) is 0 Å². The molecule has 1 aromatic heterocycles. The van der Waals surface area contributed by atoms with Gasteiger partial charge in [0.05, 0.1) is 18.0 Å². The van der Waals surface area contributed by atoms with Gasteiger partial charge in [-0.1, -0.05) is 0 Å². The molecule has 0 aromatic carbocycles. The smallest absolute Gasteiger partial charge is 0.224 e. The predicted molar refractivity (Wildman–Crippen MR) is 58.7 cm³/mol. The molecule has 1 saturated carbocycles. The Morgan fingerprint density at radius 1 is 1.60 bits per heavy atom. The molecule has 82 valence electrons. The molecular formula is C9H13ClN4O. The van der Waals surface area contributed by atoms with Gasteiger partial charge in [0, 0.05) is 6.54 Å². The molecule has 1 aliphatic carbocycles. The van der Waals surface area contributed by atoms with Crippen molar-refractivity contribution in [3.63, 3.8) is 0 Å². The van der Waals surface area contributed by atoms with Crippen LogP contribution in [0.3, 0.4) is 0 Å². The molecule has 5 nitrogen and oxygen atoms in total. The van der Waals surface area contributed by atoms with Crippen LogP contribution >= 0.6 is 11.6 Å². The van der Waals surface area contributed by atoms with Gasteiger partial charge in [-0.25, -0.2) is 4.98 Å². The number of aromatic nitrogens is 2. The van der Waals surface area contributed by atoms with Crippen molar-refractivity contribution in [2.24, 2.45) is 5.92 Å². The summed E-state index contributed by atoms with van der Waals surface area (Å²) in [7, 11) is 0. The van der Waals surface area contributed by atoms with Crippen molar-refractivity contribution in [2.75, 3.05) is 17.6 Å². The fourth-order valence-corrected chi connectivity index (χ4v) is 1.75. The van der Waals surface area contributed by atoms with Gasteiger partial charge in [-0.05, 0) is 30.4 Å². The topological polar surface area (TPSA) is 84.1 Å². The van der Waals surface area contributed by atoms with E-state index in [9.17, 15) is 0 Å². The molecule has 1 fully saturated rings. The van der Waals surface area contributed by atoms with Gasteiger partial charge in [0.15, 0.2) is 5.82 Å². The minimum Gasteiger partial charge on any atom is -0.394 e. The third-order valence-electron chi connectivity index (χ3n) is 2.56. The van der Waals surface area contributed by atoms with Crippen LogP contribution in [0, 0.1) is 5.92 Å². The number of rotatable bonds is 3. The van der Waals surface area contributed by atoms with Crippen molar-refractivity contribution in [3.8, 4) is 0 Å². The molecule has 6 heteroatoms. The second-order valence-corrected chi connectivity index (χ2v) is 4.15. The highest BCUT2D eigenvalue weighted by atomic mass is 35.5. The highest BCUT2D eigenvalue weighted by Gasteiger charge is 2.26. The van der Waals surface area contributed by atoms with E-state index in [1.807, 2.05) is 0 Å². The monoisotopic (exact) mass is 228 g/mol. The first-order chi connectivity index (χ1) is 7.15. The lowest BCUT2D eigenvalue weighted by atomic mass is 9.82. The van der Waals surface area contributed by atoms with Gasteiger partial charge < -0.3 is 16.2 Å². The maximum Gasteiger partial charge on any atom is 0.224 e. The lowest BCUT2D eigenvalue weighted by molar-refractivity contribution is 0.0486. The van der Waals surface area contributed by atoms with Crippen molar-refractivity contribution in [1.29, 1.82) is 0 Å². The zero-order valence-corrected chi connectivity index (χ0v) is 8.91. The Morgan fingerprint density at radius 3 is 3.00 bits per heavy atom. The average molecular weight is 229 g/mol. The molecule has 0 saturated heterocycles. The summed E-state index contributed by atoms with van der Waals surface area (Å²) in [5.74, 6) is 1.06. The van der Waals surface area contributed by atoms with Crippen LogP contribution in [0.4, 0.5) is 11.5 Å². The largest absolute Gasteiger partial charge is 0.394 e. The fraction of sp³-hybridized carbons (Fsp3) is 0.556. The van der Waals surface area contributed by atoms with Gasteiger partial charge >= 0.3 is 0 Å². The van der Waals surface area contributed by atoms with Gasteiger partial charge in [0.1, 0.15) is 0 Å². The molecular weight excluding hydrogens is 216 g/mol. The lowest BCUT2D eigenvalue weighted by Gasteiger charge is -2.31. The van der Waals surface area contributed by atoms with Crippen LogP contribution in [0.15, 0.2) is 6.20 Å². The second-order valence-electron chi connectivity index (χ2n) is 3.82. The molecule has 0 amide bonds. The Labute approximate surface area is 92.7 Å². The molecule has 4 N–H and O–H groups in total. The Hall–Kier alpha value is -1.07. The molecule has 0 atom stereocenters. The van der Waals surface area contributed by atoms with E-state index in [-0.39, 0.29) is 11.4 Å². The maximum atomic E-state index is 9.12. The number of hydrogen-bond acceptors (Lipinski definition) is 5. The maximum absolute atomic E-state index is 9.12. The second kappa shape index (κ2) is 4.20. The SMILES string of the molecule is Nc1cnc(Cl)nc1NCC1CC(O)C1. The Bertz CT molecular complexity index is 354. The van der Waals surface area contributed by atoms with E-state index < -0.39 is 0 Å². The number of nitrogens with two attached hydrogens (primary N) is 1. The van der Waals surface area contributed by atoms with E-state index in [4.69, 9.17) is 22.4 Å². The first kappa shape index (κ1) is 10.4. The summed E-state index contributed by atoms with van der Waals surface area (Å²) in [4.78, 5) is 7.74. The van der Waals surface area contributed by atoms with Gasteiger partial charge in [0.2, 0.25) is 5.28 Å². The van der Waals surface area contributed by atoms with Crippen LogP contribution in [0.2, 0.25) is 5.28 Å². The van der Waals surface area contributed by atoms with Crippen LogP contribution in [0.25, 0.3) is 0 Å². The minimum atomic E-state index is -0.136. The van der Waals surface area contributed by atoms with E-state index in [1.165, 1.54) is 6.20 Å². The molecule has 0 bridgehead atoms. The number of anilines is 2. The fourth-order valence-electron chi connectivity index (χ4n) is 1.62. The number of nitrogens with zero attached hydrogens (tertiary/aromatic N) is 2. The molecule has 15 heavy (non-hydrogen) atoms. The summed E-state index contributed by atoms with van der Waals surface area (Å²) in [6.07, 6.45) is 3.02. The molecule has 0 aliphatic heterocycles. The van der Waals surface area contributed by atoms with Gasteiger partial charge in [-0.15, -0.1) is 0 Å². The molecule has 1 aliphatic rings. The predicted octanol–water partition coefficient (Wildman–Crippen LogP) is 0.895. The van der Waals surface area contributed by atoms with Gasteiger partial charge in [-0.2, -0.15) is 4.98 Å². The Morgan fingerprint density at radius 2 is 2.33 bits per heavy atom. The minimum absolute atomic E-state index is 0.136. The molecule has 0 radical (unpaired) electrons.